The molecule has 1 aliphatic heterocycles. The lowest BCUT2D eigenvalue weighted by molar-refractivity contribution is -0.137. The van der Waals surface area contributed by atoms with Gasteiger partial charge in [-0.2, -0.15) is 13.2 Å². The third-order valence-corrected chi connectivity index (χ3v) is 6.85. The molecular weight excluding hydrogens is 449 g/mol. The van der Waals surface area contributed by atoms with Gasteiger partial charge in [-0.25, -0.2) is 0 Å². The number of Topliss-reactive ketones (excluding diaryl/α,β-unsaturated/α-hetero) is 1. The molecule has 4 rings (SSSR count). The minimum atomic E-state index is -4.32. The van der Waals surface area contributed by atoms with E-state index in [-0.39, 0.29) is 18.2 Å². The number of anilines is 1. The van der Waals surface area contributed by atoms with Crippen LogP contribution in [0.5, 0.6) is 0 Å². The monoisotopic (exact) mass is 480 g/mol. The number of alkyl halides is 3. The second kappa shape index (κ2) is 11.4. The van der Waals surface area contributed by atoms with E-state index in [1.807, 2.05) is 17.0 Å². The molecule has 0 radical (unpaired) electrons. The first kappa shape index (κ1) is 25.6. The molecule has 2 aromatic rings. The lowest BCUT2D eigenvalue weighted by Gasteiger charge is -2.36. The van der Waals surface area contributed by atoms with Crippen LogP contribution in [0.4, 0.5) is 18.9 Å². The molecular formula is C26H32ClF3N2O. The number of piperazine rings is 1. The van der Waals surface area contributed by atoms with Gasteiger partial charge in [0.25, 0.3) is 0 Å². The highest BCUT2D eigenvalue weighted by atomic mass is 35.5. The first-order valence-electron chi connectivity index (χ1n) is 11.7. The van der Waals surface area contributed by atoms with Gasteiger partial charge in [-0.3, -0.25) is 9.69 Å². The average molecular weight is 481 g/mol. The van der Waals surface area contributed by atoms with Crippen LogP contribution in [0.3, 0.4) is 0 Å². The van der Waals surface area contributed by atoms with Crippen molar-refractivity contribution in [1.82, 2.24) is 4.90 Å². The van der Waals surface area contributed by atoms with Gasteiger partial charge in [0.1, 0.15) is 0 Å². The highest BCUT2D eigenvalue weighted by Crippen LogP contribution is 2.34. The fourth-order valence-electron chi connectivity index (χ4n) is 4.92. The maximum Gasteiger partial charge on any atom is 0.416 e. The topological polar surface area (TPSA) is 23.6 Å². The molecule has 3 nitrogen and oxygen atoms in total. The summed E-state index contributed by atoms with van der Waals surface area (Å²) in [5.41, 5.74) is 2.17. The van der Waals surface area contributed by atoms with E-state index in [0.29, 0.717) is 31.1 Å². The van der Waals surface area contributed by atoms with Crippen LogP contribution in [0, 0.1) is 0 Å². The average Bonchev–Trinajstić information content (AvgIpc) is 3.34. The Kier molecular flexibility index (Phi) is 8.82. The zero-order chi connectivity index (χ0) is 22.6. The van der Waals surface area contributed by atoms with E-state index in [0.717, 1.165) is 37.7 Å². The van der Waals surface area contributed by atoms with Crippen molar-refractivity contribution in [2.24, 2.45) is 0 Å². The van der Waals surface area contributed by atoms with Crippen molar-refractivity contribution in [3.05, 3.63) is 65.2 Å². The molecule has 33 heavy (non-hydrogen) atoms. The van der Waals surface area contributed by atoms with Gasteiger partial charge in [0.05, 0.1) is 5.56 Å². The van der Waals surface area contributed by atoms with E-state index >= 15 is 0 Å². The fourth-order valence-corrected chi connectivity index (χ4v) is 4.92. The number of carbonyl (C=O) groups is 1. The van der Waals surface area contributed by atoms with Crippen molar-refractivity contribution < 1.29 is 18.0 Å². The van der Waals surface area contributed by atoms with Gasteiger partial charge in [0, 0.05) is 43.9 Å². The summed E-state index contributed by atoms with van der Waals surface area (Å²) in [7, 11) is 0. The minimum absolute atomic E-state index is 0. The van der Waals surface area contributed by atoms with Crippen LogP contribution in [0.2, 0.25) is 0 Å². The molecule has 1 saturated carbocycles. The van der Waals surface area contributed by atoms with Crippen LogP contribution in [0.25, 0.3) is 0 Å². The summed E-state index contributed by atoms with van der Waals surface area (Å²) in [6.07, 6.45) is 2.13. The third-order valence-electron chi connectivity index (χ3n) is 6.85. The SMILES string of the molecule is Cl.O=C(CCCN1CCN(c2cccc(C(F)(F)F)c2)CC1)c1ccc(C2CCCC2)cc1. The largest absolute Gasteiger partial charge is 0.416 e. The molecule has 0 N–H and O–H groups in total. The molecule has 180 valence electrons. The van der Waals surface area contributed by atoms with Crippen molar-refractivity contribution in [2.75, 3.05) is 37.6 Å². The Bertz CT molecular complexity index is 902. The van der Waals surface area contributed by atoms with Gasteiger partial charge in [-0.1, -0.05) is 43.2 Å². The second-order valence-electron chi connectivity index (χ2n) is 9.01. The Labute approximate surface area is 200 Å². The Hall–Kier alpha value is -2.05. The lowest BCUT2D eigenvalue weighted by atomic mass is 9.95. The van der Waals surface area contributed by atoms with E-state index in [1.165, 1.54) is 43.4 Å². The molecule has 0 bridgehead atoms. The summed E-state index contributed by atoms with van der Waals surface area (Å²) in [4.78, 5) is 16.8. The van der Waals surface area contributed by atoms with Crippen molar-refractivity contribution in [2.45, 2.75) is 50.6 Å². The molecule has 2 aromatic carbocycles. The van der Waals surface area contributed by atoms with E-state index in [2.05, 4.69) is 17.0 Å². The summed E-state index contributed by atoms with van der Waals surface area (Å²) in [5.74, 6) is 0.847. The summed E-state index contributed by atoms with van der Waals surface area (Å²) < 4.78 is 38.9. The number of hydrogen-bond acceptors (Lipinski definition) is 3. The van der Waals surface area contributed by atoms with Crippen molar-refractivity contribution in [1.29, 1.82) is 0 Å². The molecule has 2 aliphatic rings. The highest BCUT2D eigenvalue weighted by molar-refractivity contribution is 5.96. The lowest BCUT2D eigenvalue weighted by Crippen LogP contribution is -2.46. The van der Waals surface area contributed by atoms with Gasteiger partial charge in [0.15, 0.2) is 5.78 Å². The first-order chi connectivity index (χ1) is 15.4. The van der Waals surface area contributed by atoms with Crippen molar-refractivity contribution in [3.8, 4) is 0 Å². The van der Waals surface area contributed by atoms with Crippen LogP contribution >= 0.6 is 12.4 Å². The number of ketones is 1. The van der Waals surface area contributed by atoms with Gasteiger partial charge in [0.2, 0.25) is 0 Å². The van der Waals surface area contributed by atoms with Gasteiger partial charge >= 0.3 is 6.18 Å². The first-order valence-corrected chi connectivity index (χ1v) is 11.7. The maximum atomic E-state index is 13.0. The zero-order valence-electron chi connectivity index (χ0n) is 18.8. The quantitative estimate of drug-likeness (QED) is 0.419. The molecule has 1 saturated heterocycles. The molecule has 0 spiro atoms. The van der Waals surface area contributed by atoms with Gasteiger partial charge in [-0.15, -0.1) is 12.4 Å². The molecule has 0 unspecified atom stereocenters. The van der Waals surface area contributed by atoms with Crippen LogP contribution in [-0.2, 0) is 6.18 Å². The van der Waals surface area contributed by atoms with E-state index in [4.69, 9.17) is 0 Å². The minimum Gasteiger partial charge on any atom is -0.369 e. The number of rotatable bonds is 7. The number of nitrogens with zero attached hydrogens (tertiary/aromatic N) is 2. The predicted molar refractivity (Wildman–Crippen MR) is 129 cm³/mol. The second-order valence-corrected chi connectivity index (χ2v) is 9.01. The standard InChI is InChI=1S/C26H31F3N2O.ClH/c27-26(28,29)23-7-3-8-24(19-23)31-17-15-30(16-18-31)14-4-9-25(32)22-12-10-21(11-13-22)20-5-1-2-6-20;/h3,7-8,10-13,19-20H,1-2,4-6,9,14-18H2;1H. The summed E-state index contributed by atoms with van der Waals surface area (Å²) in [5, 5.41) is 0. The molecule has 2 fully saturated rings. The zero-order valence-corrected chi connectivity index (χ0v) is 19.6. The van der Waals surface area contributed by atoms with Gasteiger partial charge < -0.3 is 4.90 Å². The third kappa shape index (κ3) is 6.73. The number of halogens is 4. The Balaban J connectivity index is 0.00000306. The Morgan fingerprint density at radius 2 is 1.61 bits per heavy atom. The van der Waals surface area contributed by atoms with Crippen molar-refractivity contribution >= 4 is 23.9 Å². The van der Waals surface area contributed by atoms with E-state index in [9.17, 15) is 18.0 Å². The van der Waals surface area contributed by atoms with Gasteiger partial charge in [-0.05, 0) is 55.5 Å². The number of hydrogen-bond donors (Lipinski definition) is 0. The Morgan fingerprint density at radius 3 is 2.24 bits per heavy atom. The predicted octanol–water partition coefficient (Wildman–Crippen LogP) is 6.57. The smallest absolute Gasteiger partial charge is 0.369 e. The van der Waals surface area contributed by atoms with Crippen LogP contribution < -0.4 is 4.90 Å². The maximum absolute atomic E-state index is 13.0. The highest BCUT2D eigenvalue weighted by Gasteiger charge is 2.31. The molecule has 0 atom stereocenters. The number of benzene rings is 2. The Morgan fingerprint density at radius 1 is 0.939 bits per heavy atom. The molecule has 0 amide bonds. The number of carbonyl (C=O) groups excluding carboxylic acids is 1. The molecule has 7 heteroatoms. The summed E-state index contributed by atoms with van der Waals surface area (Å²) in [6.45, 7) is 3.80. The van der Waals surface area contributed by atoms with E-state index in [1.54, 1.807) is 6.07 Å². The fraction of sp³-hybridized carbons (Fsp3) is 0.500. The van der Waals surface area contributed by atoms with E-state index < -0.39 is 11.7 Å². The summed E-state index contributed by atoms with van der Waals surface area (Å²) in [6, 6.07) is 13.7. The van der Waals surface area contributed by atoms with Crippen LogP contribution in [0.1, 0.15) is 65.9 Å². The van der Waals surface area contributed by atoms with Crippen molar-refractivity contribution in [3.63, 3.8) is 0 Å². The molecule has 1 aliphatic carbocycles. The van der Waals surface area contributed by atoms with Crippen LogP contribution in [-0.4, -0.2) is 43.4 Å². The normalized spacial score (nSPS) is 17.7. The van der Waals surface area contributed by atoms with Crippen LogP contribution in [0.15, 0.2) is 48.5 Å². The molecule has 1 heterocycles. The molecule has 0 aromatic heterocycles. The summed E-state index contributed by atoms with van der Waals surface area (Å²) >= 11 is 0.